The molecule has 0 aromatic carbocycles. The second-order valence-electron chi connectivity index (χ2n) is 5.81. The summed E-state index contributed by atoms with van der Waals surface area (Å²) >= 11 is 0. The maximum atomic E-state index is 5.34. The number of nitrogens with zero attached hydrogens (tertiary/aromatic N) is 2. The van der Waals surface area contributed by atoms with Gasteiger partial charge in [0.15, 0.2) is 5.96 Å². The summed E-state index contributed by atoms with van der Waals surface area (Å²) in [5.74, 6) is 1.51. The Balaban J connectivity index is 2.26. The van der Waals surface area contributed by atoms with Crippen molar-refractivity contribution < 1.29 is 4.74 Å². The summed E-state index contributed by atoms with van der Waals surface area (Å²) in [6.07, 6.45) is 4.12. The first-order valence-corrected chi connectivity index (χ1v) is 8.58. The minimum Gasteiger partial charge on any atom is -0.380 e. The summed E-state index contributed by atoms with van der Waals surface area (Å²) in [5.41, 5.74) is 0. The standard InChI is InChI=1S/C16H34N4O/c1-4-17-16(18-9-12-21-5-2)19-13-15(3)14-20-10-7-6-8-11-20/h15H,4-14H2,1-3H3,(H2,17,18,19). The van der Waals surface area contributed by atoms with Gasteiger partial charge in [-0.1, -0.05) is 13.3 Å². The molecule has 21 heavy (non-hydrogen) atoms. The molecule has 0 aromatic heterocycles. The van der Waals surface area contributed by atoms with E-state index >= 15 is 0 Å². The van der Waals surface area contributed by atoms with E-state index in [0.717, 1.165) is 38.8 Å². The van der Waals surface area contributed by atoms with E-state index in [0.29, 0.717) is 5.92 Å². The average molecular weight is 298 g/mol. The third-order valence-electron chi connectivity index (χ3n) is 3.67. The van der Waals surface area contributed by atoms with E-state index < -0.39 is 0 Å². The summed E-state index contributed by atoms with van der Waals surface area (Å²) in [7, 11) is 0. The van der Waals surface area contributed by atoms with E-state index in [1.807, 2.05) is 6.92 Å². The molecule has 1 unspecified atom stereocenters. The molecule has 124 valence electrons. The van der Waals surface area contributed by atoms with Crippen LogP contribution in [0.5, 0.6) is 0 Å². The van der Waals surface area contributed by atoms with E-state index in [-0.39, 0.29) is 0 Å². The van der Waals surface area contributed by atoms with Gasteiger partial charge in [0.05, 0.1) is 6.61 Å². The van der Waals surface area contributed by atoms with Crippen LogP contribution in [-0.2, 0) is 4.74 Å². The van der Waals surface area contributed by atoms with Gasteiger partial charge in [0.1, 0.15) is 0 Å². The van der Waals surface area contributed by atoms with Crippen LogP contribution < -0.4 is 10.6 Å². The van der Waals surface area contributed by atoms with E-state index in [1.54, 1.807) is 0 Å². The Morgan fingerprint density at radius 3 is 2.62 bits per heavy atom. The minimum atomic E-state index is 0.602. The van der Waals surface area contributed by atoms with Crippen molar-refractivity contribution in [3.05, 3.63) is 0 Å². The molecule has 1 aliphatic rings. The first-order valence-electron chi connectivity index (χ1n) is 8.58. The van der Waals surface area contributed by atoms with Crippen molar-refractivity contribution in [2.24, 2.45) is 10.9 Å². The SMILES string of the molecule is CCNC(=NCC(C)CN1CCCCC1)NCCOCC. The lowest BCUT2D eigenvalue weighted by molar-refractivity contribution is 0.152. The molecule has 1 aliphatic heterocycles. The van der Waals surface area contributed by atoms with Gasteiger partial charge >= 0.3 is 0 Å². The highest BCUT2D eigenvalue weighted by atomic mass is 16.5. The molecule has 5 heteroatoms. The molecule has 0 spiro atoms. The molecule has 1 saturated heterocycles. The first-order chi connectivity index (χ1) is 10.3. The number of aliphatic imine (C=N–C) groups is 1. The first kappa shape index (κ1) is 18.2. The normalized spacial score (nSPS) is 18.5. The topological polar surface area (TPSA) is 48.9 Å². The van der Waals surface area contributed by atoms with E-state index in [4.69, 9.17) is 4.74 Å². The van der Waals surface area contributed by atoms with Crippen LogP contribution in [0.2, 0.25) is 0 Å². The number of ether oxygens (including phenoxy) is 1. The lowest BCUT2D eigenvalue weighted by Crippen LogP contribution is -2.40. The van der Waals surface area contributed by atoms with E-state index in [1.165, 1.54) is 38.9 Å². The van der Waals surface area contributed by atoms with Gasteiger partial charge in [-0.05, 0) is 45.7 Å². The van der Waals surface area contributed by atoms with Gasteiger partial charge in [-0.2, -0.15) is 0 Å². The summed E-state index contributed by atoms with van der Waals surface area (Å²) in [6, 6.07) is 0. The van der Waals surface area contributed by atoms with Crippen LogP contribution in [-0.4, -0.2) is 63.3 Å². The number of nitrogens with one attached hydrogen (secondary N) is 2. The van der Waals surface area contributed by atoms with Gasteiger partial charge in [-0.25, -0.2) is 0 Å². The molecule has 1 rings (SSSR count). The summed E-state index contributed by atoms with van der Waals surface area (Å²) in [5, 5.41) is 6.60. The van der Waals surface area contributed by atoms with E-state index in [9.17, 15) is 0 Å². The fraction of sp³-hybridized carbons (Fsp3) is 0.938. The number of likely N-dealkylation sites (tertiary alicyclic amines) is 1. The second kappa shape index (κ2) is 11.8. The molecule has 1 atom stereocenters. The van der Waals surface area contributed by atoms with Crippen LogP contribution in [0.25, 0.3) is 0 Å². The molecule has 0 aliphatic carbocycles. The van der Waals surface area contributed by atoms with Gasteiger partial charge in [0.2, 0.25) is 0 Å². The van der Waals surface area contributed by atoms with E-state index in [2.05, 4.69) is 34.4 Å². The van der Waals surface area contributed by atoms with Gasteiger partial charge in [0.25, 0.3) is 0 Å². The monoisotopic (exact) mass is 298 g/mol. The molecule has 0 aromatic rings. The Kier molecular flexibility index (Phi) is 10.3. The minimum absolute atomic E-state index is 0.602. The van der Waals surface area contributed by atoms with Crippen molar-refractivity contribution >= 4 is 5.96 Å². The molecule has 2 N–H and O–H groups in total. The van der Waals surface area contributed by atoms with Crippen molar-refractivity contribution in [3.63, 3.8) is 0 Å². The fourth-order valence-electron chi connectivity index (χ4n) is 2.62. The molecule has 1 heterocycles. The highest BCUT2D eigenvalue weighted by Gasteiger charge is 2.13. The van der Waals surface area contributed by atoms with Crippen molar-refractivity contribution in [1.82, 2.24) is 15.5 Å². The molecular formula is C16H34N4O. The highest BCUT2D eigenvalue weighted by molar-refractivity contribution is 5.79. The Bertz CT molecular complexity index is 277. The molecule has 0 bridgehead atoms. The van der Waals surface area contributed by atoms with Crippen LogP contribution in [0.4, 0.5) is 0 Å². The second-order valence-corrected chi connectivity index (χ2v) is 5.81. The number of guanidine groups is 1. The number of rotatable bonds is 9. The summed E-state index contributed by atoms with van der Waals surface area (Å²) in [4.78, 5) is 7.27. The van der Waals surface area contributed by atoms with Crippen LogP contribution >= 0.6 is 0 Å². The van der Waals surface area contributed by atoms with Crippen molar-refractivity contribution in [3.8, 4) is 0 Å². The Labute approximate surface area is 130 Å². The van der Waals surface area contributed by atoms with Gasteiger partial charge < -0.3 is 20.3 Å². The van der Waals surface area contributed by atoms with Gasteiger partial charge in [0, 0.05) is 32.8 Å². The average Bonchev–Trinajstić information content (AvgIpc) is 2.50. The smallest absolute Gasteiger partial charge is 0.191 e. The maximum Gasteiger partial charge on any atom is 0.191 e. The molecule has 1 fully saturated rings. The number of hydrogen-bond donors (Lipinski definition) is 2. The van der Waals surface area contributed by atoms with Crippen LogP contribution in [0.3, 0.4) is 0 Å². The molecule has 0 saturated carbocycles. The third-order valence-corrected chi connectivity index (χ3v) is 3.67. The predicted octanol–water partition coefficient (Wildman–Crippen LogP) is 1.70. The Morgan fingerprint density at radius 2 is 1.95 bits per heavy atom. The molecule has 0 amide bonds. The zero-order chi connectivity index (χ0) is 15.3. The Morgan fingerprint density at radius 1 is 1.19 bits per heavy atom. The molecule has 0 radical (unpaired) electrons. The van der Waals surface area contributed by atoms with Crippen LogP contribution in [0.1, 0.15) is 40.0 Å². The quantitative estimate of drug-likeness (QED) is 0.386. The summed E-state index contributed by atoms with van der Waals surface area (Å²) in [6.45, 7) is 14.2. The highest BCUT2D eigenvalue weighted by Crippen LogP contribution is 2.10. The van der Waals surface area contributed by atoms with Crippen molar-refractivity contribution in [2.75, 3.05) is 52.5 Å². The van der Waals surface area contributed by atoms with Crippen molar-refractivity contribution in [1.29, 1.82) is 0 Å². The van der Waals surface area contributed by atoms with Gasteiger partial charge in [-0.15, -0.1) is 0 Å². The van der Waals surface area contributed by atoms with Crippen LogP contribution in [0.15, 0.2) is 4.99 Å². The molecule has 5 nitrogen and oxygen atoms in total. The fourth-order valence-corrected chi connectivity index (χ4v) is 2.62. The lowest BCUT2D eigenvalue weighted by Gasteiger charge is -2.28. The number of hydrogen-bond acceptors (Lipinski definition) is 3. The lowest BCUT2D eigenvalue weighted by atomic mass is 10.1. The Hall–Kier alpha value is -0.810. The van der Waals surface area contributed by atoms with Crippen molar-refractivity contribution in [2.45, 2.75) is 40.0 Å². The maximum absolute atomic E-state index is 5.34. The zero-order valence-electron chi connectivity index (χ0n) is 14.2. The largest absolute Gasteiger partial charge is 0.380 e. The van der Waals surface area contributed by atoms with Crippen LogP contribution in [0, 0.1) is 5.92 Å². The predicted molar refractivity (Wildman–Crippen MR) is 89.9 cm³/mol. The number of piperidine rings is 1. The third kappa shape index (κ3) is 8.94. The molecular weight excluding hydrogens is 264 g/mol. The zero-order valence-corrected chi connectivity index (χ0v) is 14.2. The summed E-state index contributed by atoms with van der Waals surface area (Å²) < 4.78 is 5.34. The van der Waals surface area contributed by atoms with Gasteiger partial charge in [-0.3, -0.25) is 4.99 Å².